The molecule has 0 bridgehead atoms. The van der Waals surface area contributed by atoms with E-state index in [4.69, 9.17) is 9.15 Å². The predicted molar refractivity (Wildman–Crippen MR) is 91.3 cm³/mol. The summed E-state index contributed by atoms with van der Waals surface area (Å²) in [7, 11) is 1.86. The van der Waals surface area contributed by atoms with Crippen LogP contribution >= 0.6 is 15.9 Å². The van der Waals surface area contributed by atoms with Crippen molar-refractivity contribution in [1.29, 1.82) is 0 Å². The van der Waals surface area contributed by atoms with Crippen LogP contribution in [0.4, 0.5) is 18.9 Å². The highest BCUT2D eigenvalue weighted by Crippen LogP contribution is 2.39. The molecule has 136 valence electrons. The van der Waals surface area contributed by atoms with E-state index < -0.39 is 12.3 Å². The number of aromatic nitrogens is 1. The normalized spacial score (nSPS) is 13.2. The maximum Gasteiger partial charge on any atom is 0.432 e. The van der Waals surface area contributed by atoms with Crippen molar-refractivity contribution in [3.63, 3.8) is 0 Å². The molecule has 25 heavy (non-hydrogen) atoms. The number of aryl methyl sites for hydroxylation is 1. The molecule has 0 aliphatic heterocycles. The maximum absolute atomic E-state index is 13.3. The molecule has 9 heteroatoms. The van der Waals surface area contributed by atoms with Gasteiger partial charge in [0.05, 0.1) is 28.5 Å². The third kappa shape index (κ3) is 4.97. The molecule has 2 aromatic heterocycles. The van der Waals surface area contributed by atoms with Gasteiger partial charge in [-0.25, -0.2) is 9.98 Å². The minimum Gasteiger partial charge on any atom is -0.465 e. The third-order valence-corrected chi connectivity index (χ3v) is 3.90. The van der Waals surface area contributed by atoms with Crippen molar-refractivity contribution in [2.24, 2.45) is 4.99 Å². The SMILES string of the molecule is CCN(C)/C=N/c1cc(Br)c(OC(c2ccco2)C(F)(F)F)nc1C. The zero-order chi connectivity index (χ0) is 18.6. The standard InChI is InChI=1S/C16H17BrF3N3O2/c1-4-23(3)9-21-12-8-11(17)15(22-10(12)2)25-14(16(18,19)20)13-6-5-7-24-13/h5-9,14H,4H2,1-3H3/b21-9+. The number of pyridine rings is 1. The second kappa shape index (κ2) is 7.90. The first-order valence-corrected chi connectivity index (χ1v) is 8.20. The fourth-order valence-electron chi connectivity index (χ4n) is 1.84. The van der Waals surface area contributed by atoms with Gasteiger partial charge in [0.15, 0.2) is 5.76 Å². The monoisotopic (exact) mass is 419 g/mol. The Balaban J connectivity index is 2.30. The minimum atomic E-state index is -4.65. The average Bonchev–Trinajstić information content (AvgIpc) is 3.06. The van der Waals surface area contributed by atoms with Gasteiger partial charge in [-0.2, -0.15) is 13.2 Å². The van der Waals surface area contributed by atoms with Gasteiger partial charge >= 0.3 is 6.18 Å². The minimum absolute atomic E-state index is 0.181. The molecule has 2 heterocycles. The summed E-state index contributed by atoms with van der Waals surface area (Å²) in [6.45, 7) is 4.39. The van der Waals surface area contributed by atoms with Crippen LogP contribution in [0.25, 0.3) is 0 Å². The van der Waals surface area contributed by atoms with Gasteiger partial charge in [-0.1, -0.05) is 0 Å². The van der Waals surface area contributed by atoms with E-state index in [0.717, 1.165) is 12.8 Å². The first-order chi connectivity index (χ1) is 11.7. The van der Waals surface area contributed by atoms with Crippen LogP contribution in [0, 0.1) is 6.92 Å². The second-order valence-corrected chi connectivity index (χ2v) is 6.11. The van der Waals surface area contributed by atoms with Crippen molar-refractivity contribution in [2.45, 2.75) is 26.1 Å². The van der Waals surface area contributed by atoms with Crippen molar-refractivity contribution in [1.82, 2.24) is 9.88 Å². The molecule has 0 aliphatic rings. The Kier molecular flexibility index (Phi) is 6.10. The van der Waals surface area contributed by atoms with Crippen LogP contribution in [0.15, 0.2) is 38.3 Å². The molecular formula is C16H17BrF3N3O2. The van der Waals surface area contributed by atoms with E-state index >= 15 is 0 Å². The largest absolute Gasteiger partial charge is 0.465 e. The van der Waals surface area contributed by atoms with Crippen molar-refractivity contribution in [3.8, 4) is 5.88 Å². The molecule has 2 aromatic rings. The molecular weight excluding hydrogens is 403 g/mol. The van der Waals surface area contributed by atoms with E-state index in [1.165, 1.54) is 12.1 Å². The van der Waals surface area contributed by atoms with Gasteiger partial charge < -0.3 is 14.1 Å². The molecule has 0 spiro atoms. The maximum atomic E-state index is 13.3. The third-order valence-electron chi connectivity index (χ3n) is 3.33. The zero-order valence-corrected chi connectivity index (χ0v) is 15.4. The first-order valence-electron chi connectivity index (χ1n) is 7.40. The van der Waals surface area contributed by atoms with E-state index in [0.29, 0.717) is 11.4 Å². The zero-order valence-electron chi connectivity index (χ0n) is 13.8. The summed E-state index contributed by atoms with van der Waals surface area (Å²) in [6.07, 6.45) is -4.11. The van der Waals surface area contributed by atoms with Gasteiger partial charge in [-0.05, 0) is 48.0 Å². The highest BCUT2D eigenvalue weighted by molar-refractivity contribution is 9.10. The van der Waals surface area contributed by atoms with Gasteiger partial charge in [0.1, 0.15) is 0 Å². The Hall–Kier alpha value is -2.03. The Morgan fingerprint density at radius 1 is 1.48 bits per heavy atom. The van der Waals surface area contributed by atoms with Crippen LogP contribution in [0.2, 0.25) is 0 Å². The second-order valence-electron chi connectivity index (χ2n) is 5.25. The predicted octanol–water partition coefficient (Wildman–Crippen LogP) is 5.04. The summed E-state index contributed by atoms with van der Waals surface area (Å²) in [6, 6.07) is 4.14. The number of rotatable bonds is 6. The molecule has 0 saturated heterocycles. The van der Waals surface area contributed by atoms with Crippen molar-refractivity contribution in [3.05, 3.63) is 40.4 Å². The summed E-state index contributed by atoms with van der Waals surface area (Å²) < 4.78 is 50.0. The van der Waals surface area contributed by atoms with Crippen molar-refractivity contribution < 1.29 is 22.3 Å². The summed E-state index contributed by atoms with van der Waals surface area (Å²) in [5.74, 6) is -0.524. The molecule has 1 atom stereocenters. The van der Waals surface area contributed by atoms with Crippen molar-refractivity contribution >= 4 is 28.0 Å². The van der Waals surface area contributed by atoms with Gasteiger partial charge in [0.2, 0.25) is 5.88 Å². The summed E-state index contributed by atoms with van der Waals surface area (Å²) in [5, 5.41) is 0. The average molecular weight is 420 g/mol. The van der Waals surface area contributed by atoms with Crippen LogP contribution in [-0.2, 0) is 0 Å². The van der Waals surface area contributed by atoms with E-state index in [2.05, 4.69) is 25.9 Å². The molecule has 0 radical (unpaired) electrons. The van der Waals surface area contributed by atoms with E-state index in [9.17, 15) is 13.2 Å². The fourth-order valence-corrected chi connectivity index (χ4v) is 2.24. The van der Waals surface area contributed by atoms with Gasteiger partial charge in [0.25, 0.3) is 6.10 Å². The van der Waals surface area contributed by atoms with Crippen LogP contribution in [-0.4, -0.2) is 36.0 Å². The van der Waals surface area contributed by atoms with Crippen LogP contribution in [0.5, 0.6) is 5.88 Å². The number of nitrogens with zero attached hydrogens (tertiary/aromatic N) is 3. The van der Waals surface area contributed by atoms with Crippen molar-refractivity contribution in [2.75, 3.05) is 13.6 Å². The summed E-state index contributed by atoms with van der Waals surface area (Å²) >= 11 is 3.19. The molecule has 0 aliphatic carbocycles. The number of aliphatic imine (C=N–C) groups is 1. The van der Waals surface area contributed by atoms with Gasteiger partial charge in [-0.3, -0.25) is 0 Å². The van der Waals surface area contributed by atoms with E-state index in [1.807, 2.05) is 18.9 Å². The lowest BCUT2D eigenvalue weighted by molar-refractivity contribution is -0.203. The Bertz CT molecular complexity index is 733. The quantitative estimate of drug-likeness (QED) is 0.486. The highest BCUT2D eigenvalue weighted by atomic mass is 79.9. The van der Waals surface area contributed by atoms with Crippen LogP contribution < -0.4 is 4.74 Å². The topological polar surface area (TPSA) is 50.9 Å². The van der Waals surface area contributed by atoms with Crippen LogP contribution in [0.3, 0.4) is 0 Å². The Morgan fingerprint density at radius 2 is 2.20 bits per heavy atom. The Morgan fingerprint density at radius 3 is 2.76 bits per heavy atom. The molecule has 0 amide bonds. The lowest BCUT2D eigenvalue weighted by Gasteiger charge is -2.20. The van der Waals surface area contributed by atoms with Gasteiger partial charge in [0, 0.05) is 13.6 Å². The molecule has 0 saturated carbocycles. The number of hydrogen-bond donors (Lipinski definition) is 0. The van der Waals surface area contributed by atoms with E-state index in [-0.39, 0.29) is 16.1 Å². The Labute approximate surface area is 151 Å². The molecule has 1 unspecified atom stereocenters. The smallest absolute Gasteiger partial charge is 0.432 e. The fraction of sp³-hybridized carbons (Fsp3) is 0.375. The first kappa shape index (κ1) is 19.3. The molecule has 0 N–H and O–H groups in total. The number of alkyl halides is 3. The molecule has 0 fully saturated rings. The number of ether oxygens (including phenoxy) is 1. The summed E-state index contributed by atoms with van der Waals surface area (Å²) in [4.78, 5) is 10.2. The number of hydrogen-bond acceptors (Lipinski definition) is 4. The lowest BCUT2D eigenvalue weighted by Crippen LogP contribution is -2.26. The molecule has 2 rings (SSSR count). The molecule has 0 aromatic carbocycles. The highest BCUT2D eigenvalue weighted by Gasteiger charge is 2.45. The lowest BCUT2D eigenvalue weighted by atomic mass is 10.2. The van der Waals surface area contributed by atoms with E-state index in [1.54, 1.807) is 19.3 Å². The summed E-state index contributed by atoms with van der Waals surface area (Å²) in [5.41, 5.74) is 0.973. The van der Waals surface area contributed by atoms with Gasteiger partial charge in [-0.15, -0.1) is 0 Å². The van der Waals surface area contributed by atoms with Crippen LogP contribution in [0.1, 0.15) is 24.5 Å². The number of furan rings is 1. The number of halogens is 4. The molecule has 5 nitrogen and oxygen atoms in total.